The zero-order valence-corrected chi connectivity index (χ0v) is 16.2. The minimum atomic E-state index is -4.33. The van der Waals surface area contributed by atoms with Crippen molar-refractivity contribution >= 4 is 35.8 Å². The Hall–Kier alpha value is -0.920. The Labute approximate surface area is 166 Å². The van der Waals surface area contributed by atoms with Crippen LogP contribution in [-0.2, 0) is 0 Å². The van der Waals surface area contributed by atoms with Crippen LogP contribution in [0.2, 0.25) is 5.02 Å². The van der Waals surface area contributed by atoms with Crippen molar-refractivity contribution in [3.05, 3.63) is 59.1 Å². The third kappa shape index (κ3) is 5.30. The molecule has 1 N–H and O–H groups in total. The number of benzene rings is 2. The van der Waals surface area contributed by atoms with Crippen LogP contribution in [-0.4, -0.2) is 37.3 Å². The molecule has 26 heavy (non-hydrogen) atoms. The highest BCUT2D eigenvalue weighted by Gasteiger charge is 2.45. The second-order valence-electron chi connectivity index (χ2n) is 5.82. The first-order valence-corrected chi connectivity index (χ1v) is 9.18. The Balaban J connectivity index is 0.00000243. The van der Waals surface area contributed by atoms with E-state index in [1.165, 1.54) is 16.7 Å². The summed E-state index contributed by atoms with van der Waals surface area (Å²) in [5.74, 6) is 0. The molecule has 3 rings (SSSR count). The maximum Gasteiger partial charge on any atom is 0.408 e. The molecule has 1 fully saturated rings. The Bertz CT molecular complexity index is 704. The second-order valence-corrected chi connectivity index (χ2v) is 7.38. The van der Waals surface area contributed by atoms with Crippen LogP contribution in [0.25, 0.3) is 0 Å². The number of rotatable bonds is 4. The fourth-order valence-corrected chi connectivity index (χ4v) is 4.05. The first-order valence-electron chi connectivity index (χ1n) is 7.99. The topological polar surface area (TPSA) is 15.3 Å². The van der Waals surface area contributed by atoms with E-state index < -0.39 is 12.2 Å². The monoisotopic (exact) mass is 422 g/mol. The first kappa shape index (κ1) is 21.4. The summed E-state index contributed by atoms with van der Waals surface area (Å²) < 4.78 is 41.6. The lowest BCUT2D eigenvalue weighted by atomic mass is 10.0. The molecule has 0 aromatic heterocycles. The van der Waals surface area contributed by atoms with Crippen molar-refractivity contribution in [2.45, 2.75) is 22.0 Å². The Morgan fingerprint density at radius 1 is 1.00 bits per heavy atom. The van der Waals surface area contributed by atoms with Crippen LogP contribution in [0.15, 0.2) is 58.3 Å². The molecule has 2 aromatic carbocycles. The standard InChI is InChI=1S/C18H18ClF3N2S.ClH/c19-13-5-7-14(8-6-13)25-16-4-2-1-3-15(16)17(18(20,21)22)24-11-9-23-10-12-24;/h1-8,17,23H,9-12H2;1H/t17-;/m0./s1. The Kier molecular flexibility index (Phi) is 7.67. The summed E-state index contributed by atoms with van der Waals surface area (Å²) in [5.41, 5.74) is 0.303. The van der Waals surface area contributed by atoms with Gasteiger partial charge in [0.25, 0.3) is 0 Å². The lowest BCUT2D eigenvalue weighted by molar-refractivity contribution is -0.188. The average molecular weight is 423 g/mol. The fourth-order valence-electron chi connectivity index (χ4n) is 2.95. The molecule has 1 aliphatic heterocycles. The van der Waals surface area contributed by atoms with Gasteiger partial charge in [0.05, 0.1) is 0 Å². The first-order chi connectivity index (χ1) is 11.9. The van der Waals surface area contributed by atoms with E-state index in [-0.39, 0.29) is 12.4 Å². The third-order valence-corrected chi connectivity index (χ3v) is 5.43. The quantitative estimate of drug-likeness (QED) is 0.707. The van der Waals surface area contributed by atoms with Crippen LogP contribution < -0.4 is 5.32 Å². The smallest absolute Gasteiger partial charge is 0.314 e. The second kappa shape index (κ2) is 9.33. The van der Waals surface area contributed by atoms with Crippen molar-refractivity contribution in [1.29, 1.82) is 0 Å². The number of piperazine rings is 1. The van der Waals surface area contributed by atoms with Crippen LogP contribution in [0.1, 0.15) is 11.6 Å². The van der Waals surface area contributed by atoms with E-state index >= 15 is 0 Å². The van der Waals surface area contributed by atoms with E-state index in [0.29, 0.717) is 41.7 Å². The summed E-state index contributed by atoms with van der Waals surface area (Å²) in [4.78, 5) is 2.99. The van der Waals surface area contributed by atoms with Gasteiger partial charge in [-0.1, -0.05) is 41.6 Å². The van der Waals surface area contributed by atoms with Crippen molar-refractivity contribution < 1.29 is 13.2 Å². The van der Waals surface area contributed by atoms with Gasteiger partial charge in [-0.2, -0.15) is 13.2 Å². The number of nitrogens with zero attached hydrogens (tertiary/aromatic N) is 1. The number of hydrogen-bond acceptors (Lipinski definition) is 3. The van der Waals surface area contributed by atoms with Crippen molar-refractivity contribution in [2.24, 2.45) is 0 Å². The van der Waals surface area contributed by atoms with E-state index in [4.69, 9.17) is 11.6 Å². The summed E-state index contributed by atoms with van der Waals surface area (Å²) in [6, 6.07) is 12.3. The molecule has 1 saturated heterocycles. The van der Waals surface area contributed by atoms with E-state index in [1.807, 2.05) is 12.1 Å². The molecule has 0 spiro atoms. The Morgan fingerprint density at radius 3 is 2.23 bits per heavy atom. The summed E-state index contributed by atoms with van der Waals surface area (Å²) in [5, 5.41) is 3.71. The van der Waals surface area contributed by atoms with Crippen LogP contribution in [0, 0.1) is 0 Å². The van der Waals surface area contributed by atoms with Crippen molar-refractivity contribution in [2.75, 3.05) is 26.2 Å². The van der Waals surface area contributed by atoms with Gasteiger partial charge in [-0.25, -0.2) is 0 Å². The number of nitrogens with one attached hydrogen (secondary N) is 1. The van der Waals surface area contributed by atoms with Gasteiger partial charge in [-0.15, -0.1) is 12.4 Å². The molecule has 142 valence electrons. The summed E-state index contributed by atoms with van der Waals surface area (Å²) in [6.45, 7) is 1.90. The van der Waals surface area contributed by atoms with Crippen LogP contribution >= 0.6 is 35.8 Å². The van der Waals surface area contributed by atoms with Crippen LogP contribution in [0.3, 0.4) is 0 Å². The van der Waals surface area contributed by atoms with Gasteiger partial charge in [-0.3, -0.25) is 4.90 Å². The lowest BCUT2D eigenvalue weighted by Crippen LogP contribution is -2.49. The van der Waals surface area contributed by atoms with Gasteiger partial charge < -0.3 is 5.32 Å². The SMILES string of the molecule is Cl.FC(F)(F)[C@H](c1ccccc1Sc1ccc(Cl)cc1)N1CCNCC1. The normalized spacial score (nSPS) is 16.8. The predicted octanol–water partition coefficient (Wildman–Crippen LogP) is 5.42. The zero-order chi connectivity index (χ0) is 17.9. The predicted molar refractivity (Wildman–Crippen MR) is 103 cm³/mol. The molecular formula is C18H19Cl2F3N2S. The largest absolute Gasteiger partial charge is 0.408 e. The van der Waals surface area contributed by atoms with Gasteiger partial charge in [0.1, 0.15) is 6.04 Å². The lowest BCUT2D eigenvalue weighted by Gasteiger charge is -2.36. The maximum atomic E-state index is 13.9. The average Bonchev–Trinajstić information content (AvgIpc) is 2.58. The molecule has 0 radical (unpaired) electrons. The summed E-state index contributed by atoms with van der Waals surface area (Å²) in [7, 11) is 0. The minimum Gasteiger partial charge on any atom is -0.314 e. The van der Waals surface area contributed by atoms with Crippen LogP contribution in [0.5, 0.6) is 0 Å². The van der Waals surface area contributed by atoms with Gasteiger partial charge in [0.15, 0.2) is 0 Å². The van der Waals surface area contributed by atoms with Crippen molar-refractivity contribution in [3.8, 4) is 0 Å². The molecular weight excluding hydrogens is 404 g/mol. The highest BCUT2D eigenvalue weighted by molar-refractivity contribution is 7.99. The van der Waals surface area contributed by atoms with E-state index in [9.17, 15) is 13.2 Å². The molecule has 0 saturated carbocycles. The van der Waals surface area contributed by atoms with E-state index in [2.05, 4.69) is 5.32 Å². The van der Waals surface area contributed by atoms with E-state index in [1.54, 1.807) is 36.4 Å². The summed E-state index contributed by atoms with van der Waals surface area (Å²) in [6.07, 6.45) is -4.33. The van der Waals surface area contributed by atoms with Crippen LogP contribution in [0.4, 0.5) is 13.2 Å². The minimum absolute atomic E-state index is 0. The number of hydrogen-bond donors (Lipinski definition) is 1. The highest BCUT2D eigenvalue weighted by Crippen LogP contribution is 2.43. The molecule has 2 aromatic rings. The van der Waals surface area contributed by atoms with Crippen molar-refractivity contribution in [1.82, 2.24) is 10.2 Å². The summed E-state index contributed by atoms with van der Waals surface area (Å²) >= 11 is 7.22. The van der Waals surface area contributed by atoms with Gasteiger partial charge in [0, 0.05) is 41.0 Å². The molecule has 2 nitrogen and oxygen atoms in total. The fraction of sp³-hybridized carbons (Fsp3) is 0.333. The molecule has 1 heterocycles. The zero-order valence-electron chi connectivity index (χ0n) is 13.8. The molecule has 1 aliphatic rings. The maximum absolute atomic E-state index is 13.9. The molecule has 0 aliphatic carbocycles. The number of alkyl halides is 3. The third-order valence-electron chi connectivity index (χ3n) is 4.08. The van der Waals surface area contributed by atoms with E-state index in [0.717, 1.165) is 4.90 Å². The molecule has 0 unspecified atom stereocenters. The number of halogens is 5. The van der Waals surface area contributed by atoms with Gasteiger partial charge in [-0.05, 0) is 35.9 Å². The van der Waals surface area contributed by atoms with Gasteiger partial charge >= 0.3 is 6.18 Å². The van der Waals surface area contributed by atoms with Gasteiger partial charge in [0.2, 0.25) is 0 Å². The molecule has 8 heteroatoms. The van der Waals surface area contributed by atoms with Crippen molar-refractivity contribution in [3.63, 3.8) is 0 Å². The molecule has 1 atom stereocenters. The highest BCUT2D eigenvalue weighted by atomic mass is 35.5. The molecule has 0 bridgehead atoms. The Morgan fingerprint density at radius 2 is 1.62 bits per heavy atom. The molecule has 0 amide bonds.